The highest BCUT2D eigenvalue weighted by molar-refractivity contribution is 5.77. The first-order valence-electron chi connectivity index (χ1n) is 7.44. The Bertz CT molecular complexity index is 567. The Hall–Kier alpha value is -2.49. The molecule has 1 amide bonds. The van der Waals surface area contributed by atoms with E-state index in [1.54, 1.807) is 12.1 Å². The van der Waals surface area contributed by atoms with Crippen LogP contribution < -0.4 is 14.8 Å². The van der Waals surface area contributed by atoms with Gasteiger partial charge in [0.05, 0.1) is 6.61 Å². The highest BCUT2D eigenvalue weighted by atomic mass is 16.5. The predicted molar refractivity (Wildman–Crippen MR) is 86.3 cm³/mol. The van der Waals surface area contributed by atoms with Gasteiger partial charge >= 0.3 is 0 Å². The van der Waals surface area contributed by atoms with Crippen molar-refractivity contribution in [1.29, 1.82) is 0 Å². The van der Waals surface area contributed by atoms with Crippen LogP contribution in [-0.2, 0) is 11.2 Å². The first-order valence-corrected chi connectivity index (χ1v) is 7.44. The van der Waals surface area contributed by atoms with Crippen LogP contribution in [0.5, 0.6) is 11.5 Å². The molecule has 2 aromatic carbocycles. The van der Waals surface area contributed by atoms with Gasteiger partial charge in [0.25, 0.3) is 5.91 Å². The molecule has 4 heteroatoms. The molecular formula is C18H21NO3. The van der Waals surface area contributed by atoms with Crippen molar-refractivity contribution in [2.45, 2.75) is 13.3 Å². The topological polar surface area (TPSA) is 47.6 Å². The van der Waals surface area contributed by atoms with Gasteiger partial charge < -0.3 is 14.8 Å². The summed E-state index contributed by atoms with van der Waals surface area (Å²) in [5.74, 6) is 1.33. The number of ether oxygens (including phenoxy) is 2. The number of carbonyl (C=O) groups excluding carboxylic acids is 1. The summed E-state index contributed by atoms with van der Waals surface area (Å²) in [7, 11) is 0. The van der Waals surface area contributed by atoms with Gasteiger partial charge in [0, 0.05) is 6.54 Å². The predicted octanol–water partition coefficient (Wildman–Crippen LogP) is 2.82. The van der Waals surface area contributed by atoms with Crippen molar-refractivity contribution in [3.05, 3.63) is 60.2 Å². The first-order chi connectivity index (χ1) is 10.8. The Balaban J connectivity index is 1.67. The normalized spacial score (nSPS) is 10.0. The van der Waals surface area contributed by atoms with Gasteiger partial charge in [0.1, 0.15) is 11.5 Å². The van der Waals surface area contributed by atoms with Crippen molar-refractivity contribution in [2.75, 3.05) is 19.8 Å². The molecule has 0 spiro atoms. The molecule has 0 aliphatic carbocycles. The van der Waals surface area contributed by atoms with E-state index in [1.807, 2.05) is 49.4 Å². The summed E-state index contributed by atoms with van der Waals surface area (Å²) in [5.41, 5.74) is 1.20. The fourth-order valence-corrected chi connectivity index (χ4v) is 1.99. The van der Waals surface area contributed by atoms with Crippen molar-refractivity contribution in [3.63, 3.8) is 0 Å². The van der Waals surface area contributed by atoms with Crippen LogP contribution in [0.2, 0.25) is 0 Å². The minimum Gasteiger partial charge on any atom is -0.494 e. The molecular weight excluding hydrogens is 278 g/mol. The van der Waals surface area contributed by atoms with Crippen molar-refractivity contribution in [2.24, 2.45) is 0 Å². The van der Waals surface area contributed by atoms with Crippen molar-refractivity contribution >= 4 is 5.91 Å². The lowest BCUT2D eigenvalue weighted by Gasteiger charge is -2.08. The van der Waals surface area contributed by atoms with E-state index in [1.165, 1.54) is 5.56 Å². The second kappa shape index (κ2) is 8.72. The minimum absolute atomic E-state index is 0.0166. The van der Waals surface area contributed by atoms with Crippen LogP contribution in [0.1, 0.15) is 12.5 Å². The lowest BCUT2D eigenvalue weighted by Crippen LogP contribution is -2.30. The number of hydrogen-bond donors (Lipinski definition) is 1. The van der Waals surface area contributed by atoms with E-state index in [0.717, 1.165) is 12.2 Å². The summed E-state index contributed by atoms with van der Waals surface area (Å²) in [4.78, 5) is 11.7. The summed E-state index contributed by atoms with van der Waals surface area (Å²) < 4.78 is 10.8. The molecule has 0 aliphatic rings. The molecule has 4 nitrogen and oxygen atoms in total. The summed E-state index contributed by atoms with van der Waals surface area (Å²) in [6.07, 6.45) is 0.815. The van der Waals surface area contributed by atoms with E-state index in [2.05, 4.69) is 5.32 Å². The molecule has 0 aromatic heterocycles. The third-order valence-electron chi connectivity index (χ3n) is 3.08. The second-order valence-electron chi connectivity index (χ2n) is 4.78. The smallest absolute Gasteiger partial charge is 0.257 e. The monoisotopic (exact) mass is 299 g/mol. The van der Waals surface area contributed by atoms with Crippen LogP contribution in [0.15, 0.2) is 54.6 Å². The molecule has 0 heterocycles. The third-order valence-corrected chi connectivity index (χ3v) is 3.08. The lowest BCUT2D eigenvalue weighted by molar-refractivity contribution is -0.123. The molecule has 0 aliphatic heterocycles. The van der Waals surface area contributed by atoms with E-state index in [9.17, 15) is 4.79 Å². The Labute approximate surface area is 131 Å². The summed E-state index contributed by atoms with van der Waals surface area (Å²) in [6, 6.07) is 17.3. The van der Waals surface area contributed by atoms with Crippen molar-refractivity contribution in [1.82, 2.24) is 5.32 Å². The molecule has 2 rings (SSSR count). The lowest BCUT2D eigenvalue weighted by atomic mass is 10.1. The number of rotatable bonds is 8. The molecule has 0 bridgehead atoms. The molecule has 1 N–H and O–H groups in total. The number of amides is 1. The van der Waals surface area contributed by atoms with Crippen LogP contribution in [0.4, 0.5) is 0 Å². The molecule has 0 radical (unpaired) electrons. The minimum atomic E-state index is -0.121. The van der Waals surface area contributed by atoms with Gasteiger partial charge in [-0.3, -0.25) is 4.79 Å². The number of nitrogens with one attached hydrogen (secondary N) is 1. The van der Waals surface area contributed by atoms with Gasteiger partial charge in [0.15, 0.2) is 6.61 Å². The standard InChI is InChI=1S/C18H21NO3/c1-2-21-16-8-10-17(11-9-16)22-14-18(20)19-13-12-15-6-4-3-5-7-15/h3-11H,2,12-14H2,1H3,(H,19,20). The molecule has 22 heavy (non-hydrogen) atoms. The quantitative estimate of drug-likeness (QED) is 0.815. The molecule has 116 valence electrons. The molecule has 0 fully saturated rings. The third kappa shape index (κ3) is 5.48. The summed E-state index contributed by atoms with van der Waals surface area (Å²) in [5, 5.41) is 2.84. The van der Waals surface area contributed by atoms with E-state index in [4.69, 9.17) is 9.47 Å². The maximum Gasteiger partial charge on any atom is 0.257 e. The van der Waals surface area contributed by atoms with E-state index in [-0.39, 0.29) is 12.5 Å². The van der Waals surface area contributed by atoms with E-state index in [0.29, 0.717) is 18.9 Å². The van der Waals surface area contributed by atoms with Gasteiger partial charge in [-0.05, 0) is 43.2 Å². The van der Waals surface area contributed by atoms with Gasteiger partial charge in [0.2, 0.25) is 0 Å². The second-order valence-corrected chi connectivity index (χ2v) is 4.78. The van der Waals surface area contributed by atoms with Crippen LogP contribution in [0.25, 0.3) is 0 Å². The fraction of sp³-hybridized carbons (Fsp3) is 0.278. The van der Waals surface area contributed by atoms with E-state index < -0.39 is 0 Å². The molecule has 0 saturated heterocycles. The number of hydrogen-bond acceptors (Lipinski definition) is 3. The zero-order valence-corrected chi connectivity index (χ0v) is 12.7. The van der Waals surface area contributed by atoms with Gasteiger partial charge in [-0.25, -0.2) is 0 Å². The number of carbonyl (C=O) groups is 1. The van der Waals surface area contributed by atoms with Crippen molar-refractivity contribution < 1.29 is 14.3 Å². The molecule has 0 unspecified atom stereocenters. The van der Waals surface area contributed by atoms with Crippen LogP contribution in [-0.4, -0.2) is 25.7 Å². The Kier molecular flexibility index (Phi) is 6.30. The average Bonchev–Trinajstić information content (AvgIpc) is 2.55. The highest BCUT2D eigenvalue weighted by Gasteiger charge is 2.03. The maximum atomic E-state index is 11.7. The van der Waals surface area contributed by atoms with Crippen LogP contribution >= 0.6 is 0 Å². The Morgan fingerprint density at radius 3 is 2.23 bits per heavy atom. The summed E-state index contributed by atoms with van der Waals surface area (Å²) in [6.45, 7) is 3.19. The van der Waals surface area contributed by atoms with Gasteiger partial charge in [-0.15, -0.1) is 0 Å². The zero-order chi connectivity index (χ0) is 15.6. The first kappa shape index (κ1) is 15.9. The van der Waals surface area contributed by atoms with Gasteiger partial charge in [-0.1, -0.05) is 30.3 Å². The van der Waals surface area contributed by atoms with Crippen molar-refractivity contribution in [3.8, 4) is 11.5 Å². The average molecular weight is 299 g/mol. The van der Waals surface area contributed by atoms with Crippen LogP contribution in [0.3, 0.4) is 0 Å². The number of benzene rings is 2. The van der Waals surface area contributed by atoms with Gasteiger partial charge in [-0.2, -0.15) is 0 Å². The largest absolute Gasteiger partial charge is 0.494 e. The Morgan fingerprint density at radius 2 is 1.59 bits per heavy atom. The van der Waals surface area contributed by atoms with E-state index >= 15 is 0 Å². The Morgan fingerprint density at radius 1 is 0.955 bits per heavy atom. The SMILES string of the molecule is CCOc1ccc(OCC(=O)NCCc2ccccc2)cc1. The fourth-order valence-electron chi connectivity index (χ4n) is 1.99. The maximum absolute atomic E-state index is 11.7. The molecule has 0 saturated carbocycles. The highest BCUT2D eigenvalue weighted by Crippen LogP contribution is 2.17. The summed E-state index contributed by atoms with van der Waals surface area (Å²) >= 11 is 0. The molecule has 2 aromatic rings. The van der Waals surface area contributed by atoms with Crippen LogP contribution in [0, 0.1) is 0 Å². The zero-order valence-electron chi connectivity index (χ0n) is 12.7. The molecule has 0 atom stereocenters.